The number of thiophene rings is 1. The van der Waals surface area contributed by atoms with E-state index in [0.29, 0.717) is 27.6 Å². The third kappa shape index (κ3) is 4.65. The molecule has 4 rings (SSSR count). The zero-order chi connectivity index (χ0) is 22.9. The van der Waals surface area contributed by atoms with Crippen molar-refractivity contribution in [2.45, 2.75) is 42.3 Å². The van der Waals surface area contributed by atoms with E-state index in [1.54, 1.807) is 28.0 Å². The molecule has 0 atom stereocenters. The van der Waals surface area contributed by atoms with Gasteiger partial charge >= 0.3 is 0 Å². The van der Waals surface area contributed by atoms with E-state index < -0.39 is 10.0 Å². The molecular weight excluding hydrogens is 468 g/mol. The van der Waals surface area contributed by atoms with Crippen molar-refractivity contribution in [1.82, 2.24) is 9.55 Å². The Labute approximate surface area is 193 Å². The lowest BCUT2D eigenvalue weighted by atomic mass is 9.97. The molecule has 0 saturated carbocycles. The van der Waals surface area contributed by atoms with E-state index in [1.807, 2.05) is 0 Å². The van der Waals surface area contributed by atoms with E-state index in [4.69, 9.17) is 10.1 Å². The van der Waals surface area contributed by atoms with Crippen molar-refractivity contribution >= 4 is 54.9 Å². The number of amides is 1. The normalized spacial score (nSPS) is 13.7. The monoisotopic (exact) mass is 490 g/mol. The largest absolute Gasteiger partial charge is 0.325 e. The summed E-state index contributed by atoms with van der Waals surface area (Å²) in [6, 6.07) is 5.73. The number of aryl methyl sites for hydroxylation is 2. The van der Waals surface area contributed by atoms with Gasteiger partial charge in [-0.25, -0.2) is 18.5 Å². The van der Waals surface area contributed by atoms with Crippen LogP contribution in [0.4, 0.5) is 5.69 Å². The van der Waals surface area contributed by atoms with Crippen molar-refractivity contribution < 1.29 is 13.2 Å². The van der Waals surface area contributed by atoms with Crippen LogP contribution in [0.5, 0.6) is 0 Å². The van der Waals surface area contributed by atoms with Gasteiger partial charge in [0.25, 0.3) is 5.56 Å². The Morgan fingerprint density at radius 2 is 2.12 bits per heavy atom. The van der Waals surface area contributed by atoms with Crippen LogP contribution in [0.15, 0.2) is 51.8 Å². The van der Waals surface area contributed by atoms with Gasteiger partial charge in [0.2, 0.25) is 15.9 Å². The second-order valence-electron chi connectivity index (χ2n) is 7.40. The zero-order valence-electron chi connectivity index (χ0n) is 17.2. The summed E-state index contributed by atoms with van der Waals surface area (Å²) < 4.78 is 24.6. The number of primary sulfonamides is 1. The number of thioether (sulfide) groups is 1. The van der Waals surface area contributed by atoms with E-state index in [2.05, 4.69) is 11.9 Å². The molecule has 8 nitrogen and oxygen atoms in total. The van der Waals surface area contributed by atoms with Gasteiger partial charge in [-0.3, -0.25) is 14.2 Å². The molecule has 32 heavy (non-hydrogen) atoms. The third-order valence-corrected chi connectivity index (χ3v) is 8.20. The van der Waals surface area contributed by atoms with Crippen LogP contribution in [0.2, 0.25) is 0 Å². The number of hydrogen-bond acceptors (Lipinski definition) is 7. The topological polar surface area (TPSA) is 124 Å². The lowest BCUT2D eigenvalue weighted by molar-refractivity contribution is -0.113. The number of hydrogen-bond donors (Lipinski definition) is 2. The van der Waals surface area contributed by atoms with Crippen molar-refractivity contribution in [3.05, 3.63) is 57.7 Å². The van der Waals surface area contributed by atoms with E-state index in [9.17, 15) is 18.0 Å². The minimum absolute atomic E-state index is 0.000217. The van der Waals surface area contributed by atoms with Crippen LogP contribution in [0.3, 0.4) is 0 Å². The zero-order valence-corrected chi connectivity index (χ0v) is 19.6. The van der Waals surface area contributed by atoms with Crippen molar-refractivity contribution in [3.63, 3.8) is 0 Å². The third-order valence-electron chi connectivity index (χ3n) is 5.13. The van der Waals surface area contributed by atoms with Gasteiger partial charge in [0.1, 0.15) is 4.83 Å². The van der Waals surface area contributed by atoms with Crippen LogP contribution < -0.4 is 16.0 Å². The quantitative estimate of drug-likeness (QED) is 0.298. The van der Waals surface area contributed by atoms with Crippen LogP contribution in [0.25, 0.3) is 10.2 Å². The molecule has 11 heteroatoms. The van der Waals surface area contributed by atoms with Crippen LogP contribution in [0.1, 0.15) is 23.3 Å². The summed E-state index contributed by atoms with van der Waals surface area (Å²) in [5.41, 5.74) is 1.34. The standard InChI is InChI=1S/C21H22N4O4S3/c1-2-10-25-20(27)18-15-8-3-4-9-16(15)31-19(18)24-21(25)30-12-17(26)23-13-6-5-7-14(11-13)32(22,28)29/h2,5-7,11H,1,3-4,8-10,12H2,(H,23,26)(H2,22,28,29). The van der Waals surface area contributed by atoms with Crippen molar-refractivity contribution in [1.29, 1.82) is 0 Å². The summed E-state index contributed by atoms with van der Waals surface area (Å²) >= 11 is 2.72. The predicted octanol–water partition coefficient (Wildman–Crippen LogP) is 2.90. The Morgan fingerprint density at radius 3 is 2.88 bits per heavy atom. The Kier molecular flexibility index (Phi) is 6.52. The van der Waals surface area contributed by atoms with E-state index >= 15 is 0 Å². The number of carbonyl (C=O) groups is 1. The number of nitrogens with one attached hydrogen (secondary N) is 1. The number of benzene rings is 1. The van der Waals surface area contributed by atoms with Gasteiger partial charge in [-0.15, -0.1) is 17.9 Å². The summed E-state index contributed by atoms with van der Waals surface area (Å²) in [7, 11) is -3.87. The molecule has 0 fully saturated rings. The molecule has 3 N–H and O–H groups in total. The van der Waals surface area contributed by atoms with Gasteiger partial charge in [0.15, 0.2) is 5.16 Å². The molecule has 2 heterocycles. The predicted molar refractivity (Wildman–Crippen MR) is 128 cm³/mol. The lowest BCUT2D eigenvalue weighted by Gasteiger charge is -2.12. The lowest BCUT2D eigenvalue weighted by Crippen LogP contribution is -2.24. The maximum atomic E-state index is 13.2. The number of carbonyl (C=O) groups excluding carboxylic acids is 1. The van der Waals surface area contributed by atoms with E-state index in [1.165, 1.54) is 23.1 Å². The molecule has 1 aliphatic carbocycles. The van der Waals surface area contributed by atoms with Crippen LogP contribution in [-0.4, -0.2) is 29.6 Å². The summed E-state index contributed by atoms with van der Waals surface area (Å²) in [6.07, 6.45) is 5.70. The van der Waals surface area contributed by atoms with Gasteiger partial charge in [0, 0.05) is 17.1 Å². The van der Waals surface area contributed by atoms with Crippen LogP contribution in [0, 0.1) is 0 Å². The molecule has 0 bridgehead atoms. The van der Waals surface area contributed by atoms with Crippen molar-refractivity contribution in [3.8, 4) is 0 Å². The average Bonchev–Trinajstić information content (AvgIpc) is 3.12. The fourth-order valence-electron chi connectivity index (χ4n) is 3.70. The second kappa shape index (κ2) is 9.18. The summed E-state index contributed by atoms with van der Waals surface area (Å²) in [4.78, 5) is 32.3. The first-order valence-corrected chi connectivity index (χ1v) is 13.3. The molecule has 0 saturated heterocycles. The van der Waals surface area contributed by atoms with Crippen LogP contribution >= 0.6 is 23.1 Å². The number of rotatable bonds is 7. The first-order chi connectivity index (χ1) is 15.3. The molecule has 0 spiro atoms. The number of nitrogens with two attached hydrogens (primary N) is 1. The summed E-state index contributed by atoms with van der Waals surface area (Å²) in [6.45, 7) is 4.04. The summed E-state index contributed by atoms with van der Waals surface area (Å²) in [5, 5.41) is 8.94. The molecule has 0 unspecified atom stereocenters. The summed E-state index contributed by atoms with van der Waals surface area (Å²) in [5.74, 6) is -0.355. The molecule has 0 aliphatic heterocycles. The van der Waals surface area contributed by atoms with E-state index in [-0.39, 0.29) is 22.1 Å². The molecule has 1 amide bonds. The smallest absolute Gasteiger partial charge is 0.263 e. The highest BCUT2D eigenvalue weighted by molar-refractivity contribution is 7.99. The Balaban J connectivity index is 1.57. The fraction of sp³-hybridized carbons (Fsp3) is 0.286. The van der Waals surface area contributed by atoms with Gasteiger partial charge in [-0.05, 0) is 49.4 Å². The van der Waals surface area contributed by atoms with Gasteiger partial charge in [-0.1, -0.05) is 23.9 Å². The maximum Gasteiger partial charge on any atom is 0.263 e. The van der Waals surface area contributed by atoms with Gasteiger partial charge < -0.3 is 5.32 Å². The average molecular weight is 491 g/mol. The highest BCUT2D eigenvalue weighted by atomic mass is 32.2. The number of allylic oxidation sites excluding steroid dienone is 1. The number of aromatic nitrogens is 2. The van der Waals surface area contributed by atoms with Crippen molar-refractivity contribution in [2.75, 3.05) is 11.1 Å². The Hall–Kier alpha value is -2.47. The number of nitrogens with zero attached hydrogens (tertiary/aromatic N) is 2. The number of anilines is 1. The number of fused-ring (bicyclic) bond motifs is 3. The highest BCUT2D eigenvalue weighted by Gasteiger charge is 2.22. The first-order valence-electron chi connectivity index (χ1n) is 9.99. The molecule has 168 valence electrons. The van der Waals surface area contributed by atoms with Gasteiger partial charge in [0.05, 0.1) is 16.0 Å². The minimum Gasteiger partial charge on any atom is -0.325 e. The van der Waals surface area contributed by atoms with Crippen molar-refractivity contribution in [2.24, 2.45) is 5.14 Å². The second-order valence-corrected chi connectivity index (χ2v) is 11.0. The fourth-order valence-corrected chi connectivity index (χ4v) is 6.37. The Morgan fingerprint density at radius 1 is 1.34 bits per heavy atom. The number of sulfonamides is 1. The Bertz CT molecular complexity index is 1380. The first kappa shape index (κ1) is 22.7. The molecule has 2 aromatic heterocycles. The highest BCUT2D eigenvalue weighted by Crippen LogP contribution is 2.34. The molecule has 1 aliphatic rings. The maximum absolute atomic E-state index is 13.2. The minimum atomic E-state index is -3.87. The molecular formula is C21H22N4O4S3. The van der Waals surface area contributed by atoms with Crippen LogP contribution in [-0.2, 0) is 34.2 Å². The van der Waals surface area contributed by atoms with E-state index in [0.717, 1.165) is 43.0 Å². The van der Waals surface area contributed by atoms with Gasteiger partial charge in [-0.2, -0.15) is 0 Å². The SMILES string of the molecule is C=CCn1c(SCC(=O)Nc2cccc(S(N)(=O)=O)c2)nc2sc3c(c2c1=O)CCCC3. The molecule has 0 radical (unpaired) electrons. The molecule has 1 aromatic carbocycles. The molecule has 3 aromatic rings.